The van der Waals surface area contributed by atoms with E-state index in [0.29, 0.717) is 24.1 Å². The molecule has 0 saturated carbocycles. The van der Waals surface area contributed by atoms with Crippen molar-refractivity contribution in [1.29, 1.82) is 0 Å². The summed E-state index contributed by atoms with van der Waals surface area (Å²) < 4.78 is 11.3. The van der Waals surface area contributed by atoms with E-state index in [9.17, 15) is 0 Å². The molecule has 0 aliphatic rings. The largest absolute Gasteiger partial charge is 0.379 e. The molecule has 96 valence electrons. The van der Waals surface area contributed by atoms with Crippen molar-refractivity contribution in [2.24, 2.45) is 0 Å². The molecule has 0 aromatic rings. The summed E-state index contributed by atoms with van der Waals surface area (Å²) >= 11 is 9.26. The van der Waals surface area contributed by atoms with E-state index in [-0.39, 0.29) is 0 Å². The third kappa shape index (κ3) is 9.39. The summed E-state index contributed by atoms with van der Waals surface area (Å²) in [6.07, 6.45) is 2.30. The van der Waals surface area contributed by atoms with Crippen molar-refractivity contribution >= 4 is 29.2 Å². The van der Waals surface area contributed by atoms with Crippen LogP contribution in [-0.2, 0) is 9.47 Å². The lowest BCUT2D eigenvalue weighted by atomic mass is 10.3. The highest BCUT2D eigenvalue weighted by Crippen LogP contribution is 2.00. The van der Waals surface area contributed by atoms with Crippen LogP contribution in [0.25, 0.3) is 0 Å². The number of hydrogen-bond acceptors (Lipinski definition) is 3. The quantitative estimate of drug-likeness (QED) is 0.372. The van der Waals surface area contributed by atoms with Gasteiger partial charge in [0.05, 0.1) is 19.8 Å². The normalized spacial score (nSPS) is 10.4. The number of thiocarbonyl (C=S) groups is 1. The first-order valence-electron chi connectivity index (χ1n) is 5.85. The molecule has 0 aromatic carbocycles. The van der Waals surface area contributed by atoms with Gasteiger partial charge >= 0.3 is 0 Å². The standard InChI is InChI=1S/C11H23NO2S2/c1-3-5-6-12(11(15)16)7-8-14-10-9-13-4-2/h3-10H2,1-2H3,(H,15,16). The third-order valence-electron chi connectivity index (χ3n) is 2.13. The Balaban J connectivity index is 3.48. The third-order valence-corrected chi connectivity index (χ3v) is 2.67. The summed E-state index contributed by atoms with van der Waals surface area (Å²) in [7, 11) is 0. The van der Waals surface area contributed by atoms with E-state index in [1.807, 2.05) is 6.92 Å². The molecule has 0 heterocycles. The maximum absolute atomic E-state index is 5.44. The Morgan fingerprint density at radius 1 is 1.12 bits per heavy atom. The molecule has 0 radical (unpaired) electrons. The fourth-order valence-corrected chi connectivity index (χ4v) is 1.57. The van der Waals surface area contributed by atoms with Gasteiger partial charge in [-0.15, -0.1) is 12.6 Å². The number of thiol groups is 1. The molecule has 0 N–H and O–H groups in total. The number of hydrogen-bond donors (Lipinski definition) is 1. The van der Waals surface area contributed by atoms with E-state index in [0.717, 1.165) is 32.5 Å². The fourth-order valence-electron chi connectivity index (χ4n) is 1.19. The Hall–Kier alpha value is 0.160. The zero-order chi connectivity index (χ0) is 12.2. The van der Waals surface area contributed by atoms with Gasteiger partial charge in [0.15, 0.2) is 0 Å². The molecule has 0 bridgehead atoms. The predicted molar refractivity (Wildman–Crippen MR) is 75.4 cm³/mol. The molecule has 3 nitrogen and oxygen atoms in total. The SMILES string of the molecule is CCCCN(CCOCCOCC)C(=S)S. The minimum atomic E-state index is 0.648. The lowest BCUT2D eigenvalue weighted by Gasteiger charge is -2.22. The van der Waals surface area contributed by atoms with E-state index in [1.54, 1.807) is 0 Å². The Morgan fingerprint density at radius 3 is 2.38 bits per heavy atom. The second-order valence-corrected chi connectivity index (χ2v) is 4.55. The zero-order valence-electron chi connectivity index (χ0n) is 10.3. The van der Waals surface area contributed by atoms with E-state index in [4.69, 9.17) is 21.7 Å². The topological polar surface area (TPSA) is 21.7 Å². The van der Waals surface area contributed by atoms with E-state index in [1.165, 1.54) is 0 Å². The average molecular weight is 265 g/mol. The summed E-state index contributed by atoms with van der Waals surface area (Å²) in [6.45, 7) is 8.65. The molecule has 0 fully saturated rings. The molecular weight excluding hydrogens is 242 g/mol. The molecule has 0 aliphatic carbocycles. The first-order chi connectivity index (χ1) is 7.72. The summed E-state index contributed by atoms with van der Waals surface area (Å²) in [5.41, 5.74) is 0. The summed E-state index contributed by atoms with van der Waals surface area (Å²) in [6, 6.07) is 0. The molecule has 0 aliphatic heterocycles. The van der Waals surface area contributed by atoms with E-state index < -0.39 is 0 Å². The number of nitrogens with zero attached hydrogens (tertiary/aromatic N) is 1. The Kier molecular flexibility index (Phi) is 11.8. The maximum Gasteiger partial charge on any atom is 0.133 e. The lowest BCUT2D eigenvalue weighted by molar-refractivity contribution is 0.0488. The van der Waals surface area contributed by atoms with Gasteiger partial charge in [-0.1, -0.05) is 25.6 Å². The number of ether oxygens (including phenoxy) is 2. The van der Waals surface area contributed by atoms with Gasteiger partial charge in [0, 0.05) is 19.7 Å². The summed E-state index contributed by atoms with van der Waals surface area (Å²) in [5.74, 6) is 0. The Labute approximate surface area is 110 Å². The molecule has 0 rings (SSSR count). The average Bonchev–Trinajstić information content (AvgIpc) is 2.26. The van der Waals surface area contributed by atoms with Crippen LogP contribution in [0.2, 0.25) is 0 Å². The predicted octanol–water partition coefficient (Wildman–Crippen LogP) is 2.36. The molecule has 5 heteroatoms. The monoisotopic (exact) mass is 265 g/mol. The van der Waals surface area contributed by atoms with Crippen molar-refractivity contribution in [2.75, 3.05) is 39.5 Å². The molecule has 0 atom stereocenters. The summed E-state index contributed by atoms with van der Waals surface area (Å²) in [4.78, 5) is 2.07. The second kappa shape index (κ2) is 11.6. The van der Waals surface area contributed by atoms with Crippen LogP contribution in [0.3, 0.4) is 0 Å². The number of rotatable bonds is 10. The molecule has 16 heavy (non-hydrogen) atoms. The van der Waals surface area contributed by atoms with E-state index >= 15 is 0 Å². The summed E-state index contributed by atoms with van der Waals surface area (Å²) in [5, 5.41) is 0. The van der Waals surface area contributed by atoms with Crippen LogP contribution in [0.5, 0.6) is 0 Å². The molecule has 0 amide bonds. The van der Waals surface area contributed by atoms with Gasteiger partial charge in [-0.3, -0.25) is 0 Å². The highest BCUT2D eigenvalue weighted by molar-refractivity contribution is 8.10. The van der Waals surface area contributed by atoms with Gasteiger partial charge in [-0.25, -0.2) is 0 Å². The second-order valence-electron chi connectivity index (χ2n) is 3.43. The van der Waals surface area contributed by atoms with Crippen molar-refractivity contribution in [2.45, 2.75) is 26.7 Å². The van der Waals surface area contributed by atoms with Crippen molar-refractivity contribution in [3.63, 3.8) is 0 Å². The van der Waals surface area contributed by atoms with Crippen molar-refractivity contribution in [1.82, 2.24) is 4.90 Å². The van der Waals surface area contributed by atoms with Gasteiger partial charge < -0.3 is 14.4 Å². The minimum Gasteiger partial charge on any atom is -0.379 e. The highest BCUT2D eigenvalue weighted by atomic mass is 32.1. The van der Waals surface area contributed by atoms with Crippen molar-refractivity contribution in [3.05, 3.63) is 0 Å². The van der Waals surface area contributed by atoms with Crippen molar-refractivity contribution < 1.29 is 9.47 Å². The van der Waals surface area contributed by atoms with Gasteiger partial charge in [0.2, 0.25) is 0 Å². The van der Waals surface area contributed by atoms with E-state index in [2.05, 4.69) is 24.5 Å². The lowest BCUT2D eigenvalue weighted by Crippen LogP contribution is -2.31. The van der Waals surface area contributed by atoms with Crippen LogP contribution in [0.15, 0.2) is 0 Å². The Bertz CT molecular complexity index is 179. The number of unbranched alkanes of at least 4 members (excludes halogenated alkanes) is 1. The van der Waals surface area contributed by atoms with Gasteiger partial charge in [0.25, 0.3) is 0 Å². The molecule has 0 saturated heterocycles. The molecule has 0 aromatic heterocycles. The van der Waals surface area contributed by atoms with Gasteiger partial charge in [-0.2, -0.15) is 0 Å². The highest BCUT2D eigenvalue weighted by Gasteiger charge is 2.04. The first-order valence-corrected chi connectivity index (χ1v) is 6.71. The fraction of sp³-hybridized carbons (Fsp3) is 0.909. The van der Waals surface area contributed by atoms with Crippen LogP contribution >= 0.6 is 24.8 Å². The zero-order valence-corrected chi connectivity index (χ0v) is 12.0. The molecule has 0 spiro atoms. The smallest absolute Gasteiger partial charge is 0.133 e. The van der Waals surface area contributed by atoms with Crippen LogP contribution in [0.1, 0.15) is 26.7 Å². The minimum absolute atomic E-state index is 0.648. The Morgan fingerprint density at radius 2 is 1.81 bits per heavy atom. The maximum atomic E-state index is 5.44. The van der Waals surface area contributed by atoms with Crippen LogP contribution in [0.4, 0.5) is 0 Å². The molecule has 0 unspecified atom stereocenters. The van der Waals surface area contributed by atoms with Gasteiger partial charge in [-0.05, 0) is 13.3 Å². The first kappa shape index (κ1) is 16.2. The van der Waals surface area contributed by atoms with Crippen molar-refractivity contribution in [3.8, 4) is 0 Å². The molecular formula is C11H23NO2S2. The van der Waals surface area contributed by atoms with Crippen LogP contribution < -0.4 is 0 Å². The van der Waals surface area contributed by atoms with Gasteiger partial charge in [0.1, 0.15) is 4.32 Å². The van der Waals surface area contributed by atoms with Crippen LogP contribution in [-0.4, -0.2) is 48.7 Å². The van der Waals surface area contributed by atoms with Crippen LogP contribution in [0, 0.1) is 0 Å².